The fraction of sp³-hybridized carbons (Fsp3) is 0.190. The van der Waals surface area contributed by atoms with Gasteiger partial charge in [0.25, 0.3) is 0 Å². The van der Waals surface area contributed by atoms with Crippen LogP contribution in [0.5, 0.6) is 0 Å². The molecule has 1 heterocycles. The van der Waals surface area contributed by atoms with Crippen molar-refractivity contribution in [1.29, 1.82) is 0 Å². The highest BCUT2D eigenvalue weighted by atomic mass is 32.3. The zero-order chi connectivity index (χ0) is 23.9. The number of carbonyl (C=O) groups is 1. The van der Waals surface area contributed by atoms with Crippen LogP contribution >= 0.6 is 0 Å². The van der Waals surface area contributed by atoms with Gasteiger partial charge in [0.05, 0.1) is 7.11 Å². The van der Waals surface area contributed by atoms with Crippen molar-refractivity contribution in [3.8, 4) is 0 Å². The van der Waals surface area contributed by atoms with Gasteiger partial charge in [-0.1, -0.05) is 54.6 Å². The Kier molecular flexibility index (Phi) is 8.00. The van der Waals surface area contributed by atoms with Gasteiger partial charge in [-0.2, -0.15) is 16.8 Å². The van der Waals surface area contributed by atoms with E-state index in [-0.39, 0.29) is 0 Å². The summed E-state index contributed by atoms with van der Waals surface area (Å²) in [4.78, 5) is 11.3. The first-order valence-corrected chi connectivity index (χ1v) is 12.2. The highest BCUT2D eigenvalue weighted by Gasteiger charge is 2.33. The average Bonchev–Trinajstić information content (AvgIpc) is 2.88. The van der Waals surface area contributed by atoms with E-state index in [9.17, 15) is 21.6 Å². The molecule has 3 rings (SSSR count). The van der Waals surface area contributed by atoms with Crippen LogP contribution in [0.3, 0.4) is 0 Å². The third-order valence-electron chi connectivity index (χ3n) is 4.29. The topological polar surface area (TPSA) is 134 Å². The Morgan fingerprint density at radius 3 is 2.42 bits per heavy atom. The smallest absolute Gasteiger partial charge is 0.416 e. The van der Waals surface area contributed by atoms with E-state index >= 15 is 0 Å². The van der Waals surface area contributed by atoms with Gasteiger partial charge >= 0.3 is 26.9 Å². The zero-order valence-electron chi connectivity index (χ0n) is 17.4. The van der Waals surface area contributed by atoms with Gasteiger partial charge in [0.1, 0.15) is 12.7 Å². The summed E-state index contributed by atoms with van der Waals surface area (Å²) in [5, 5.41) is 2.56. The van der Waals surface area contributed by atoms with Crippen molar-refractivity contribution < 1.29 is 38.4 Å². The molecule has 0 aromatic heterocycles. The average molecular weight is 496 g/mol. The van der Waals surface area contributed by atoms with Gasteiger partial charge in [-0.05, 0) is 41.3 Å². The summed E-state index contributed by atoms with van der Waals surface area (Å²) < 4.78 is 64.2. The lowest BCUT2D eigenvalue weighted by Crippen LogP contribution is -2.18. The van der Waals surface area contributed by atoms with Crippen LogP contribution in [-0.2, 0) is 44.0 Å². The summed E-state index contributed by atoms with van der Waals surface area (Å²) in [6, 6.07) is 16.2. The number of amides is 1. The summed E-state index contributed by atoms with van der Waals surface area (Å²) in [5.74, 6) is 0. The summed E-state index contributed by atoms with van der Waals surface area (Å²) >= 11 is 0. The molecule has 1 N–H and O–H groups in total. The Bertz CT molecular complexity index is 1240. The number of benzene rings is 2. The molecule has 0 radical (unpaired) electrons. The van der Waals surface area contributed by atoms with Crippen molar-refractivity contribution in [3.63, 3.8) is 0 Å². The molecule has 1 saturated heterocycles. The molecule has 12 heteroatoms. The van der Waals surface area contributed by atoms with Crippen LogP contribution in [0.2, 0.25) is 0 Å². The fourth-order valence-electron chi connectivity index (χ4n) is 2.84. The molecule has 33 heavy (non-hydrogen) atoms. The number of allylic oxidation sites excluding steroid dienone is 3. The second-order valence-electron chi connectivity index (χ2n) is 6.71. The summed E-state index contributed by atoms with van der Waals surface area (Å²) in [6.07, 6.45) is 3.78. The fourth-order valence-corrected chi connectivity index (χ4v) is 4.65. The van der Waals surface area contributed by atoms with E-state index in [1.807, 2.05) is 36.4 Å². The van der Waals surface area contributed by atoms with E-state index in [1.54, 1.807) is 30.3 Å². The number of anilines is 1. The highest BCUT2D eigenvalue weighted by Crippen LogP contribution is 2.22. The van der Waals surface area contributed by atoms with E-state index in [0.717, 1.165) is 11.1 Å². The minimum absolute atomic E-state index is 0.528. The molecule has 0 bridgehead atoms. The lowest BCUT2D eigenvalue weighted by atomic mass is 10.0. The SMILES string of the molecule is COC(=O)Nc1ccc(C/C=C/C(=C\C2COS(=O)(=O)OS(=O)(=O)O2)c2ccccc2)cc1. The van der Waals surface area contributed by atoms with Crippen molar-refractivity contribution >= 4 is 38.2 Å². The van der Waals surface area contributed by atoms with E-state index in [1.165, 1.54) is 13.2 Å². The second-order valence-corrected chi connectivity index (χ2v) is 9.32. The van der Waals surface area contributed by atoms with E-state index < -0.39 is 39.6 Å². The second kappa shape index (κ2) is 10.7. The number of methoxy groups -OCH3 is 1. The Hall–Kier alpha value is -3.03. The highest BCUT2D eigenvalue weighted by molar-refractivity contribution is 7.95. The summed E-state index contributed by atoms with van der Waals surface area (Å²) in [5.41, 5.74) is 2.87. The predicted octanol–water partition coefficient (Wildman–Crippen LogP) is 2.97. The number of ether oxygens (including phenoxy) is 1. The Morgan fingerprint density at radius 1 is 1.06 bits per heavy atom. The molecule has 2 aromatic carbocycles. The molecule has 176 valence electrons. The Balaban J connectivity index is 1.79. The van der Waals surface area contributed by atoms with Crippen LogP contribution < -0.4 is 5.32 Å². The van der Waals surface area contributed by atoms with Crippen LogP contribution in [0.1, 0.15) is 11.1 Å². The van der Waals surface area contributed by atoms with Crippen LogP contribution in [0.25, 0.3) is 5.57 Å². The number of nitrogens with one attached hydrogen (secondary N) is 1. The number of hydrogen-bond acceptors (Lipinski definition) is 9. The molecular weight excluding hydrogens is 474 g/mol. The number of hydrogen-bond donors (Lipinski definition) is 1. The molecule has 10 nitrogen and oxygen atoms in total. The minimum Gasteiger partial charge on any atom is -0.453 e. The van der Waals surface area contributed by atoms with Crippen molar-refractivity contribution in [2.45, 2.75) is 12.5 Å². The van der Waals surface area contributed by atoms with E-state index in [4.69, 9.17) is 4.18 Å². The molecule has 2 aromatic rings. The number of carbonyl (C=O) groups excluding carboxylic acids is 1. The molecule has 1 aliphatic rings. The van der Waals surface area contributed by atoms with E-state index in [2.05, 4.69) is 17.9 Å². The third kappa shape index (κ3) is 7.80. The normalized spacial score (nSPS) is 20.2. The van der Waals surface area contributed by atoms with Gasteiger partial charge in [0, 0.05) is 5.69 Å². The molecule has 1 aliphatic heterocycles. The van der Waals surface area contributed by atoms with Crippen LogP contribution in [0, 0.1) is 0 Å². The molecule has 1 atom stereocenters. The lowest BCUT2D eigenvalue weighted by molar-refractivity contribution is 0.183. The van der Waals surface area contributed by atoms with Gasteiger partial charge in [-0.15, -0.1) is 3.63 Å². The molecule has 1 fully saturated rings. The Morgan fingerprint density at radius 2 is 1.76 bits per heavy atom. The first-order chi connectivity index (χ1) is 15.7. The van der Waals surface area contributed by atoms with Crippen molar-refractivity contribution in [1.82, 2.24) is 0 Å². The van der Waals surface area contributed by atoms with Gasteiger partial charge in [0.2, 0.25) is 0 Å². The molecule has 0 spiro atoms. The standard InChI is InChI=1S/C21H21NO9S2/c1-28-21(23)22-19-12-10-16(11-13-19)6-5-9-18(17-7-3-2-4-8-17)14-20-15-29-32(24,25)31-33(26,27)30-20/h2-5,7-14,20H,6,15H2,1H3,(H,22,23)/b9-5+,18-14+. The van der Waals surface area contributed by atoms with Crippen molar-refractivity contribution in [2.75, 3.05) is 19.0 Å². The monoisotopic (exact) mass is 495 g/mol. The van der Waals surface area contributed by atoms with Crippen LogP contribution in [-0.4, -0.2) is 42.7 Å². The minimum atomic E-state index is -4.80. The largest absolute Gasteiger partial charge is 0.453 e. The van der Waals surface area contributed by atoms with Crippen molar-refractivity contribution in [2.24, 2.45) is 0 Å². The molecule has 1 unspecified atom stereocenters. The Labute approximate surface area is 192 Å². The van der Waals surface area contributed by atoms with Gasteiger partial charge < -0.3 is 4.74 Å². The number of rotatable bonds is 6. The molecule has 0 saturated carbocycles. The molecule has 1 amide bonds. The van der Waals surface area contributed by atoms with Crippen LogP contribution in [0.15, 0.2) is 72.8 Å². The maximum Gasteiger partial charge on any atom is 0.416 e. The lowest BCUT2D eigenvalue weighted by Gasteiger charge is -2.10. The maximum atomic E-state index is 11.7. The van der Waals surface area contributed by atoms with Crippen LogP contribution in [0.4, 0.5) is 10.5 Å². The first kappa shape index (κ1) is 24.6. The van der Waals surface area contributed by atoms with Crippen molar-refractivity contribution in [3.05, 3.63) is 84.0 Å². The summed E-state index contributed by atoms with van der Waals surface area (Å²) in [6.45, 7) is -0.569. The molecule has 0 aliphatic carbocycles. The van der Waals surface area contributed by atoms with E-state index in [0.29, 0.717) is 17.7 Å². The maximum absolute atomic E-state index is 11.7. The predicted molar refractivity (Wildman–Crippen MR) is 119 cm³/mol. The zero-order valence-corrected chi connectivity index (χ0v) is 19.0. The molecular formula is C21H21NO9S2. The summed E-state index contributed by atoms with van der Waals surface area (Å²) in [7, 11) is -8.25. The quantitative estimate of drug-likeness (QED) is 0.600. The van der Waals surface area contributed by atoms with Gasteiger partial charge in [-0.25, -0.2) is 13.2 Å². The van der Waals surface area contributed by atoms with Gasteiger partial charge in [0.15, 0.2) is 0 Å². The first-order valence-electron chi connectivity index (χ1n) is 9.57. The third-order valence-corrected chi connectivity index (χ3v) is 6.54. The van der Waals surface area contributed by atoms with Gasteiger partial charge in [-0.3, -0.25) is 5.32 Å².